The van der Waals surface area contributed by atoms with E-state index in [1.54, 1.807) is 0 Å². The molecule has 0 radical (unpaired) electrons. The van der Waals surface area contributed by atoms with E-state index in [0.717, 1.165) is 0 Å². The normalized spacial score (nSPS) is 12.0. The smallest absolute Gasteiger partial charge is 0.312 e. The number of rotatable bonds is 5. The number of hydrogen-bond donors (Lipinski definition) is 2. The summed E-state index contributed by atoms with van der Waals surface area (Å²) in [7, 11) is 2.90. The van der Waals surface area contributed by atoms with Gasteiger partial charge in [0.15, 0.2) is 0 Å². The van der Waals surface area contributed by atoms with Gasteiger partial charge in [-0.15, -0.1) is 0 Å². The first-order valence-corrected chi connectivity index (χ1v) is 5.27. The van der Waals surface area contributed by atoms with E-state index < -0.39 is 11.9 Å². The van der Waals surface area contributed by atoms with Crippen LogP contribution in [0.15, 0.2) is 12.1 Å². The molecule has 0 aromatic heterocycles. The number of halogens is 1. The number of hydrogen-bond acceptors (Lipinski definition) is 4. The second kappa shape index (κ2) is 5.75. The standard InChI is InChI=1S/C11H14ClNO4/c1-16-9-4-8(12)10(17-2)3-6(9)7(5-13)11(14)15/h3-4,7H,5,13H2,1-2H3,(H,14,15). The lowest BCUT2D eigenvalue weighted by atomic mass is 9.98. The third-order valence-corrected chi connectivity index (χ3v) is 2.71. The number of ether oxygens (including phenoxy) is 2. The van der Waals surface area contributed by atoms with Gasteiger partial charge in [-0.05, 0) is 6.07 Å². The topological polar surface area (TPSA) is 81.8 Å². The maximum atomic E-state index is 11.1. The molecule has 0 heterocycles. The Hall–Kier alpha value is -1.46. The van der Waals surface area contributed by atoms with Gasteiger partial charge in [-0.3, -0.25) is 4.79 Å². The van der Waals surface area contributed by atoms with Gasteiger partial charge >= 0.3 is 5.97 Å². The average Bonchev–Trinajstić information content (AvgIpc) is 2.30. The van der Waals surface area contributed by atoms with Gasteiger partial charge in [-0.1, -0.05) is 11.6 Å². The van der Waals surface area contributed by atoms with E-state index in [0.29, 0.717) is 22.1 Å². The number of benzene rings is 1. The highest BCUT2D eigenvalue weighted by molar-refractivity contribution is 6.32. The van der Waals surface area contributed by atoms with Crippen molar-refractivity contribution < 1.29 is 19.4 Å². The molecule has 0 aliphatic rings. The Morgan fingerprint density at radius 1 is 1.41 bits per heavy atom. The molecule has 1 aromatic carbocycles. The Bertz CT molecular complexity index is 422. The number of methoxy groups -OCH3 is 2. The quantitative estimate of drug-likeness (QED) is 0.837. The molecule has 17 heavy (non-hydrogen) atoms. The van der Waals surface area contributed by atoms with E-state index >= 15 is 0 Å². The highest BCUT2D eigenvalue weighted by Gasteiger charge is 2.23. The lowest BCUT2D eigenvalue weighted by Gasteiger charge is -2.16. The van der Waals surface area contributed by atoms with Crippen molar-refractivity contribution in [3.05, 3.63) is 22.7 Å². The second-order valence-corrected chi connectivity index (χ2v) is 3.76. The molecule has 0 aliphatic carbocycles. The summed E-state index contributed by atoms with van der Waals surface area (Å²) < 4.78 is 10.1. The van der Waals surface area contributed by atoms with Crippen LogP contribution in [0.25, 0.3) is 0 Å². The second-order valence-electron chi connectivity index (χ2n) is 3.36. The van der Waals surface area contributed by atoms with Crippen LogP contribution in [0.3, 0.4) is 0 Å². The first-order valence-electron chi connectivity index (χ1n) is 4.89. The van der Waals surface area contributed by atoms with Crippen molar-refractivity contribution in [3.8, 4) is 11.5 Å². The number of carboxylic acid groups (broad SMARTS) is 1. The minimum Gasteiger partial charge on any atom is -0.496 e. The van der Waals surface area contributed by atoms with Crippen LogP contribution in [0, 0.1) is 0 Å². The molecule has 1 aromatic rings. The van der Waals surface area contributed by atoms with E-state index in [9.17, 15) is 4.79 Å². The van der Waals surface area contributed by atoms with Crippen LogP contribution in [0.1, 0.15) is 11.5 Å². The molecule has 0 bridgehead atoms. The molecule has 6 heteroatoms. The van der Waals surface area contributed by atoms with Crippen LogP contribution in [0.5, 0.6) is 11.5 Å². The van der Waals surface area contributed by atoms with Crippen LogP contribution in [0.2, 0.25) is 5.02 Å². The summed E-state index contributed by atoms with van der Waals surface area (Å²) in [6.45, 7) is -0.0313. The SMILES string of the molecule is COc1cc(C(CN)C(=O)O)c(OC)cc1Cl. The third kappa shape index (κ3) is 2.81. The number of aliphatic carboxylic acids is 1. The predicted molar refractivity (Wildman–Crippen MR) is 64.0 cm³/mol. The lowest BCUT2D eigenvalue weighted by molar-refractivity contribution is -0.138. The zero-order valence-corrected chi connectivity index (χ0v) is 10.3. The molecule has 94 valence electrons. The van der Waals surface area contributed by atoms with Gasteiger partial charge in [0.1, 0.15) is 11.5 Å². The lowest BCUT2D eigenvalue weighted by Crippen LogP contribution is -2.21. The van der Waals surface area contributed by atoms with Crippen LogP contribution >= 0.6 is 11.6 Å². The van der Waals surface area contributed by atoms with Gasteiger partial charge in [-0.25, -0.2) is 0 Å². The van der Waals surface area contributed by atoms with E-state index in [1.807, 2.05) is 0 Å². The highest BCUT2D eigenvalue weighted by atomic mass is 35.5. The molecule has 0 aliphatic heterocycles. The first kappa shape index (κ1) is 13.6. The molecule has 0 fully saturated rings. The van der Waals surface area contributed by atoms with Crippen LogP contribution < -0.4 is 15.2 Å². The fourth-order valence-corrected chi connectivity index (χ4v) is 1.75. The van der Waals surface area contributed by atoms with Gasteiger partial charge in [0.05, 0.1) is 25.2 Å². The Balaban J connectivity index is 3.33. The van der Waals surface area contributed by atoms with E-state index in [1.165, 1.54) is 26.4 Å². The Morgan fingerprint density at radius 2 is 2.00 bits per heavy atom. The largest absolute Gasteiger partial charge is 0.496 e. The van der Waals surface area contributed by atoms with E-state index in [4.69, 9.17) is 31.9 Å². The maximum Gasteiger partial charge on any atom is 0.312 e. The molecule has 0 amide bonds. The maximum absolute atomic E-state index is 11.1. The van der Waals surface area contributed by atoms with Gasteiger partial charge in [0.25, 0.3) is 0 Å². The Labute approximate surface area is 104 Å². The monoisotopic (exact) mass is 259 g/mol. The number of carbonyl (C=O) groups is 1. The van der Waals surface area contributed by atoms with Gasteiger partial charge < -0.3 is 20.3 Å². The van der Waals surface area contributed by atoms with Crippen LogP contribution in [-0.4, -0.2) is 31.8 Å². The molecule has 3 N–H and O–H groups in total. The summed E-state index contributed by atoms with van der Waals surface area (Å²) >= 11 is 5.92. The molecule has 0 saturated heterocycles. The molecular weight excluding hydrogens is 246 g/mol. The molecule has 0 saturated carbocycles. The summed E-state index contributed by atoms with van der Waals surface area (Å²) in [6.07, 6.45) is 0. The molecule has 1 atom stereocenters. The Kier molecular flexibility index (Phi) is 4.60. The molecular formula is C11H14ClNO4. The van der Waals surface area contributed by atoms with Crippen molar-refractivity contribution in [1.82, 2.24) is 0 Å². The van der Waals surface area contributed by atoms with Crippen molar-refractivity contribution in [3.63, 3.8) is 0 Å². The molecule has 0 spiro atoms. The minimum absolute atomic E-state index is 0.0313. The zero-order valence-electron chi connectivity index (χ0n) is 9.57. The molecule has 1 rings (SSSR count). The number of nitrogens with two attached hydrogens (primary N) is 1. The van der Waals surface area contributed by atoms with Crippen molar-refractivity contribution in [2.45, 2.75) is 5.92 Å². The third-order valence-electron chi connectivity index (χ3n) is 2.41. The van der Waals surface area contributed by atoms with Crippen molar-refractivity contribution in [2.75, 3.05) is 20.8 Å². The van der Waals surface area contributed by atoms with Crippen molar-refractivity contribution >= 4 is 17.6 Å². The molecule has 1 unspecified atom stereocenters. The Morgan fingerprint density at radius 3 is 2.41 bits per heavy atom. The zero-order chi connectivity index (χ0) is 13.0. The van der Waals surface area contributed by atoms with E-state index in [2.05, 4.69) is 0 Å². The van der Waals surface area contributed by atoms with Crippen LogP contribution in [0.4, 0.5) is 0 Å². The van der Waals surface area contributed by atoms with Crippen LogP contribution in [-0.2, 0) is 4.79 Å². The molecule has 5 nitrogen and oxygen atoms in total. The minimum atomic E-state index is -1.02. The van der Waals surface area contributed by atoms with Gasteiger partial charge in [0, 0.05) is 18.2 Å². The van der Waals surface area contributed by atoms with Gasteiger partial charge in [0.2, 0.25) is 0 Å². The summed E-state index contributed by atoms with van der Waals surface area (Å²) in [5.74, 6) is -1.10. The fourth-order valence-electron chi connectivity index (χ4n) is 1.52. The highest BCUT2D eigenvalue weighted by Crippen LogP contribution is 2.36. The summed E-state index contributed by atoms with van der Waals surface area (Å²) in [6, 6.07) is 3.05. The van der Waals surface area contributed by atoms with Gasteiger partial charge in [-0.2, -0.15) is 0 Å². The van der Waals surface area contributed by atoms with E-state index in [-0.39, 0.29) is 6.54 Å². The number of carboxylic acids is 1. The van der Waals surface area contributed by atoms with Crippen molar-refractivity contribution in [2.24, 2.45) is 5.73 Å². The first-order chi connectivity index (χ1) is 8.04. The average molecular weight is 260 g/mol. The summed E-state index contributed by atoms with van der Waals surface area (Å²) in [5, 5.41) is 9.43. The summed E-state index contributed by atoms with van der Waals surface area (Å²) in [5.41, 5.74) is 5.90. The fraction of sp³-hybridized carbons (Fsp3) is 0.364. The van der Waals surface area contributed by atoms with Crippen molar-refractivity contribution in [1.29, 1.82) is 0 Å². The predicted octanol–water partition coefficient (Wildman–Crippen LogP) is 1.48. The summed E-state index contributed by atoms with van der Waals surface area (Å²) in [4.78, 5) is 11.1.